The second-order valence-corrected chi connectivity index (χ2v) is 4.78. The summed E-state index contributed by atoms with van der Waals surface area (Å²) in [5.41, 5.74) is 4.12. The summed E-state index contributed by atoms with van der Waals surface area (Å²) in [4.78, 5) is 8.99. The van der Waals surface area contributed by atoms with E-state index in [0.717, 1.165) is 35.8 Å². The van der Waals surface area contributed by atoms with Crippen LogP contribution in [0.4, 0.5) is 0 Å². The summed E-state index contributed by atoms with van der Waals surface area (Å²) in [6.07, 6.45) is 0.841. The van der Waals surface area contributed by atoms with Gasteiger partial charge in [-0.1, -0.05) is 13.0 Å². The Hall–Kier alpha value is -1.94. The molecule has 0 aliphatic carbocycles. The van der Waals surface area contributed by atoms with Crippen LogP contribution in [0.15, 0.2) is 24.3 Å². The van der Waals surface area contributed by atoms with Crippen LogP contribution in [0.25, 0.3) is 0 Å². The minimum absolute atomic E-state index is 0.614. The topological polar surface area (TPSA) is 47.0 Å². The number of hydrogen-bond donors (Lipinski definition) is 1. The summed E-state index contributed by atoms with van der Waals surface area (Å²) >= 11 is 0. The molecule has 0 aliphatic heterocycles. The highest BCUT2D eigenvalue weighted by atomic mass is 16.5. The minimum atomic E-state index is 0.614. The van der Waals surface area contributed by atoms with Gasteiger partial charge in [0.05, 0.1) is 5.69 Å². The molecule has 1 N–H and O–H groups in total. The van der Waals surface area contributed by atoms with Gasteiger partial charge in [-0.3, -0.25) is 4.98 Å². The molecule has 0 unspecified atom stereocenters. The Labute approximate surface area is 120 Å². The zero-order chi connectivity index (χ0) is 14.5. The summed E-state index contributed by atoms with van der Waals surface area (Å²) in [6.45, 7) is 6.86. The molecule has 2 rings (SSSR count). The molecule has 2 heterocycles. The molecule has 0 fully saturated rings. The maximum absolute atomic E-state index is 5.88. The van der Waals surface area contributed by atoms with Gasteiger partial charge in [0.25, 0.3) is 0 Å². The molecule has 4 heteroatoms. The SMILES string of the molecule is CCc1nc(C)ccc1Oc1ccc(CNC)c(C)n1. The van der Waals surface area contributed by atoms with Gasteiger partial charge in [0.2, 0.25) is 5.88 Å². The summed E-state index contributed by atoms with van der Waals surface area (Å²) in [7, 11) is 1.93. The van der Waals surface area contributed by atoms with E-state index in [2.05, 4.69) is 22.2 Å². The van der Waals surface area contributed by atoms with Crippen LogP contribution in [0.1, 0.15) is 29.6 Å². The molecular weight excluding hydrogens is 250 g/mol. The summed E-state index contributed by atoms with van der Waals surface area (Å²) in [5.74, 6) is 1.40. The molecule has 2 aromatic heterocycles. The number of nitrogens with one attached hydrogen (secondary N) is 1. The van der Waals surface area contributed by atoms with Crippen molar-refractivity contribution in [3.63, 3.8) is 0 Å². The lowest BCUT2D eigenvalue weighted by Crippen LogP contribution is -2.07. The average Bonchev–Trinajstić information content (AvgIpc) is 2.44. The number of rotatable bonds is 5. The maximum atomic E-state index is 5.88. The molecule has 4 nitrogen and oxygen atoms in total. The van der Waals surface area contributed by atoms with Crippen molar-refractivity contribution in [3.05, 3.63) is 46.9 Å². The van der Waals surface area contributed by atoms with E-state index >= 15 is 0 Å². The van der Waals surface area contributed by atoms with Crippen LogP contribution in [-0.4, -0.2) is 17.0 Å². The molecular formula is C16H21N3O. The summed E-state index contributed by atoms with van der Waals surface area (Å²) in [5, 5.41) is 3.13. The Morgan fingerprint density at radius 2 is 1.90 bits per heavy atom. The number of pyridine rings is 2. The van der Waals surface area contributed by atoms with E-state index in [-0.39, 0.29) is 0 Å². The normalized spacial score (nSPS) is 10.6. The van der Waals surface area contributed by atoms with Gasteiger partial charge in [0.15, 0.2) is 5.75 Å². The smallest absolute Gasteiger partial charge is 0.219 e. The Morgan fingerprint density at radius 1 is 1.10 bits per heavy atom. The fourth-order valence-corrected chi connectivity index (χ4v) is 2.06. The molecule has 0 amide bonds. The lowest BCUT2D eigenvalue weighted by Gasteiger charge is -2.11. The van der Waals surface area contributed by atoms with Gasteiger partial charge in [-0.05, 0) is 45.0 Å². The first-order valence-corrected chi connectivity index (χ1v) is 6.89. The number of aryl methyl sites for hydroxylation is 3. The van der Waals surface area contributed by atoms with Gasteiger partial charge in [0.1, 0.15) is 0 Å². The molecule has 0 spiro atoms. The highest BCUT2D eigenvalue weighted by molar-refractivity contribution is 5.34. The van der Waals surface area contributed by atoms with Crippen LogP contribution in [0, 0.1) is 13.8 Å². The molecule has 0 saturated carbocycles. The lowest BCUT2D eigenvalue weighted by molar-refractivity contribution is 0.452. The van der Waals surface area contributed by atoms with Crippen molar-refractivity contribution in [1.82, 2.24) is 15.3 Å². The van der Waals surface area contributed by atoms with Crippen molar-refractivity contribution in [2.75, 3.05) is 7.05 Å². The Kier molecular flexibility index (Phi) is 4.69. The van der Waals surface area contributed by atoms with E-state index < -0.39 is 0 Å². The predicted octanol–water partition coefficient (Wildman–Crippen LogP) is 3.17. The quantitative estimate of drug-likeness (QED) is 0.907. The van der Waals surface area contributed by atoms with Crippen LogP contribution < -0.4 is 10.1 Å². The van der Waals surface area contributed by atoms with Crippen LogP contribution in [0.2, 0.25) is 0 Å². The second-order valence-electron chi connectivity index (χ2n) is 4.78. The number of ether oxygens (including phenoxy) is 1. The number of nitrogens with zero attached hydrogens (tertiary/aromatic N) is 2. The molecule has 20 heavy (non-hydrogen) atoms. The Morgan fingerprint density at radius 3 is 2.55 bits per heavy atom. The summed E-state index contributed by atoms with van der Waals surface area (Å²) in [6, 6.07) is 7.86. The molecule has 0 radical (unpaired) electrons. The van der Waals surface area contributed by atoms with Crippen molar-refractivity contribution >= 4 is 0 Å². The van der Waals surface area contributed by atoms with Gasteiger partial charge in [-0.2, -0.15) is 0 Å². The van der Waals surface area contributed by atoms with E-state index in [0.29, 0.717) is 5.88 Å². The van der Waals surface area contributed by atoms with E-state index in [9.17, 15) is 0 Å². The van der Waals surface area contributed by atoms with E-state index in [1.807, 2.05) is 45.2 Å². The predicted molar refractivity (Wildman–Crippen MR) is 80.2 cm³/mol. The fourth-order valence-electron chi connectivity index (χ4n) is 2.06. The number of hydrogen-bond acceptors (Lipinski definition) is 4. The first-order chi connectivity index (χ1) is 9.63. The van der Waals surface area contributed by atoms with Crippen molar-refractivity contribution < 1.29 is 4.74 Å². The van der Waals surface area contributed by atoms with Crippen LogP contribution in [0.3, 0.4) is 0 Å². The van der Waals surface area contributed by atoms with Crippen molar-refractivity contribution in [1.29, 1.82) is 0 Å². The molecule has 2 aromatic rings. The van der Waals surface area contributed by atoms with Gasteiger partial charge in [0, 0.05) is 24.0 Å². The molecule has 0 saturated heterocycles. The van der Waals surface area contributed by atoms with Crippen LogP contribution in [0.5, 0.6) is 11.6 Å². The van der Waals surface area contributed by atoms with Gasteiger partial charge in [-0.15, -0.1) is 0 Å². The zero-order valence-corrected chi connectivity index (χ0v) is 12.5. The van der Waals surface area contributed by atoms with E-state index in [1.54, 1.807) is 0 Å². The largest absolute Gasteiger partial charge is 0.437 e. The van der Waals surface area contributed by atoms with Crippen molar-refractivity contribution in [3.8, 4) is 11.6 Å². The van der Waals surface area contributed by atoms with Crippen LogP contribution in [-0.2, 0) is 13.0 Å². The van der Waals surface area contributed by atoms with Crippen molar-refractivity contribution in [2.45, 2.75) is 33.7 Å². The van der Waals surface area contributed by atoms with Gasteiger partial charge >= 0.3 is 0 Å². The van der Waals surface area contributed by atoms with E-state index in [1.165, 1.54) is 5.56 Å². The van der Waals surface area contributed by atoms with Crippen LogP contribution >= 0.6 is 0 Å². The average molecular weight is 271 g/mol. The van der Waals surface area contributed by atoms with Gasteiger partial charge < -0.3 is 10.1 Å². The fraction of sp³-hybridized carbons (Fsp3) is 0.375. The minimum Gasteiger partial charge on any atom is -0.437 e. The van der Waals surface area contributed by atoms with Gasteiger partial charge in [-0.25, -0.2) is 4.98 Å². The molecule has 0 aromatic carbocycles. The standard InChI is InChI=1S/C16H21N3O/c1-5-14-15(8-6-11(2)18-14)20-16-9-7-13(10-17-4)12(3)19-16/h6-9,17H,5,10H2,1-4H3. The lowest BCUT2D eigenvalue weighted by atomic mass is 10.2. The molecule has 0 bridgehead atoms. The monoisotopic (exact) mass is 271 g/mol. The third-order valence-corrected chi connectivity index (χ3v) is 3.16. The van der Waals surface area contributed by atoms with Crippen molar-refractivity contribution in [2.24, 2.45) is 0 Å². The third-order valence-electron chi connectivity index (χ3n) is 3.16. The molecule has 106 valence electrons. The first kappa shape index (κ1) is 14.5. The number of aromatic nitrogens is 2. The van der Waals surface area contributed by atoms with E-state index in [4.69, 9.17) is 4.74 Å². The first-order valence-electron chi connectivity index (χ1n) is 6.89. The molecule has 0 aliphatic rings. The molecule has 0 atom stereocenters. The maximum Gasteiger partial charge on any atom is 0.219 e. The third kappa shape index (κ3) is 3.33. The highest BCUT2D eigenvalue weighted by Gasteiger charge is 2.08. The Balaban J connectivity index is 2.24. The Bertz CT molecular complexity index is 596. The highest BCUT2D eigenvalue weighted by Crippen LogP contribution is 2.24. The zero-order valence-electron chi connectivity index (χ0n) is 12.5. The summed E-state index contributed by atoms with van der Waals surface area (Å²) < 4.78 is 5.88. The second kappa shape index (κ2) is 6.48.